The summed E-state index contributed by atoms with van der Waals surface area (Å²) in [6.45, 7) is 5.73. The van der Waals surface area contributed by atoms with Crippen LogP contribution in [-0.2, 0) is 28.2 Å². The van der Waals surface area contributed by atoms with Crippen LogP contribution < -0.4 is 0 Å². The van der Waals surface area contributed by atoms with E-state index in [0.29, 0.717) is 19.3 Å². The summed E-state index contributed by atoms with van der Waals surface area (Å²) in [5.41, 5.74) is 0. The van der Waals surface area contributed by atoms with Crippen LogP contribution in [0.5, 0.6) is 0 Å². The topological polar surface area (TPSA) is 140 Å². The summed E-state index contributed by atoms with van der Waals surface area (Å²) in [7, 11) is -4.78. The molecular formula is C42H71O9P. The summed E-state index contributed by atoms with van der Waals surface area (Å²) < 4.78 is 26.2. The normalized spacial score (nSPS) is 14.5. The summed E-state index contributed by atoms with van der Waals surface area (Å²) in [5.74, 6) is -0.171. The molecule has 0 rings (SSSR count). The van der Waals surface area contributed by atoms with Crippen molar-refractivity contribution in [3.05, 3.63) is 72.9 Å². The van der Waals surface area contributed by atoms with Gasteiger partial charge in [-0.05, 0) is 50.9 Å². The van der Waals surface area contributed by atoms with Crippen LogP contribution in [0.1, 0.15) is 149 Å². The summed E-state index contributed by atoms with van der Waals surface area (Å²) in [6.07, 6.45) is 41.1. The van der Waals surface area contributed by atoms with Gasteiger partial charge in [-0.3, -0.25) is 14.1 Å². The predicted octanol–water partition coefficient (Wildman–Crippen LogP) is 10.7. The SMILES string of the molecule is CC/C=C\CC(O)/C=C/C=C/C/C=C\C/C=C\C/C=C\CCC(=O)OC[C@H](COP(=O)(O)O)OC(=O)CCCCCCCCCCCCC(C)CC. The van der Waals surface area contributed by atoms with Crippen LogP contribution in [0.15, 0.2) is 72.9 Å². The lowest BCUT2D eigenvalue weighted by Crippen LogP contribution is -2.29. The number of hydrogen-bond donors (Lipinski definition) is 3. The van der Waals surface area contributed by atoms with Gasteiger partial charge in [-0.15, -0.1) is 0 Å². The van der Waals surface area contributed by atoms with E-state index in [0.717, 1.165) is 50.9 Å². The smallest absolute Gasteiger partial charge is 0.462 e. The second-order valence-corrected chi connectivity index (χ2v) is 14.6. The molecule has 298 valence electrons. The van der Waals surface area contributed by atoms with Crippen LogP contribution in [-0.4, -0.2) is 52.3 Å². The molecule has 0 spiro atoms. The number of carbonyl (C=O) groups excluding carboxylic acids is 2. The highest BCUT2D eigenvalue weighted by Crippen LogP contribution is 2.36. The van der Waals surface area contributed by atoms with E-state index in [1.165, 1.54) is 51.4 Å². The van der Waals surface area contributed by atoms with E-state index >= 15 is 0 Å². The largest absolute Gasteiger partial charge is 0.469 e. The van der Waals surface area contributed by atoms with Gasteiger partial charge in [0.05, 0.1) is 12.7 Å². The second-order valence-electron chi connectivity index (χ2n) is 13.3. The first-order valence-corrected chi connectivity index (χ1v) is 21.3. The monoisotopic (exact) mass is 750 g/mol. The lowest BCUT2D eigenvalue weighted by Gasteiger charge is -2.18. The van der Waals surface area contributed by atoms with Crippen molar-refractivity contribution in [2.45, 2.75) is 161 Å². The van der Waals surface area contributed by atoms with Crippen molar-refractivity contribution in [1.29, 1.82) is 0 Å². The van der Waals surface area contributed by atoms with Gasteiger partial charge in [-0.2, -0.15) is 0 Å². The Kier molecular flexibility index (Phi) is 33.7. The number of rotatable bonds is 34. The van der Waals surface area contributed by atoms with Crippen molar-refractivity contribution in [3.63, 3.8) is 0 Å². The molecule has 0 saturated carbocycles. The van der Waals surface area contributed by atoms with Crippen molar-refractivity contribution in [2.75, 3.05) is 13.2 Å². The van der Waals surface area contributed by atoms with Gasteiger partial charge in [0.2, 0.25) is 0 Å². The fourth-order valence-electron chi connectivity index (χ4n) is 5.05. The Morgan fingerprint density at radius 2 is 1.25 bits per heavy atom. The minimum Gasteiger partial charge on any atom is -0.462 e. The van der Waals surface area contributed by atoms with Gasteiger partial charge in [0.15, 0.2) is 6.10 Å². The Balaban J connectivity index is 4.14. The van der Waals surface area contributed by atoms with Gasteiger partial charge in [0, 0.05) is 12.8 Å². The zero-order valence-electron chi connectivity index (χ0n) is 32.5. The highest BCUT2D eigenvalue weighted by Gasteiger charge is 2.22. The highest BCUT2D eigenvalue weighted by molar-refractivity contribution is 7.46. The van der Waals surface area contributed by atoms with Gasteiger partial charge in [-0.25, -0.2) is 4.57 Å². The zero-order chi connectivity index (χ0) is 38.5. The van der Waals surface area contributed by atoms with Crippen LogP contribution in [0, 0.1) is 5.92 Å². The molecule has 0 radical (unpaired) electrons. The van der Waals surface area contributed by atoms with Gasteiger partial charge in [-0.1, -0.05) is 164 Å². The number of ether oxygens (including phenoxy) is 2. The first-order valence-electron chi connectivity index (χ1n) is 19.7. The highest BCUT2D eigenvalue weighted by atomic mass is 31.2. The molecule has 0 aromatic rings. The van der Waals surface area contributed by atoms with Gasteiger partial charge in [0.25, 0.3) is 0 Å². The molecule has 0 aliphatic heterocycles. The molecule has 0 aliphatic carbocycles. The molecule has 3 N–H and O–H groups in total. The van der Waals surface area contributed by atoms with Crippen molar-refractivity contribution >= 4 is 19.8 Å². The Hall–Kier alpha value is -2.55. The van der Waals surface area contributed by atoms with Crippen LogP contribution >= 0.6 is 7.82 Å². The number of aliphatic hydroxyl groups is 1. The number of unbranched alkanes of at least 4 members (excludes halogenated alkanes) is 9. The van der Waals surface area contributed by atoms with Crippen molar-refractivity contribution in [3.8, 4) is 0 Å². The van der Waals surface area contributed by atoms with Crippen LogP contribution in [0.3, 0.4) is 0 Å². The van der Waals surface area contributed by atoms with Crippen LogP contribution in [0.25, 0.3) is 0 Å². The molecule has 0 saturated heterocycles. The Labute approximate surface area is 315 Å². The summed E-state index contributed by atoms with van der Waals surface area (Å²) >= 11 is 0. The van der Waals surface area contributed by atoms with Crippen LogP contribution in [0.2, 0.25) is 0 Å². The Bertz CT molecular complexity index is 1100. The van der Waals surface area contributed by atoms with E-state index in [2.05, 4.69) is 43.5 Å². The number of allylic oxidation sites excluding steroid dienone is 10. The number of aliphatic hydroxyl groups excluding tert-OH is 1. The maximum atomic E-state index is 12.4. The third kappa shape index (κ3) is 37.2. The molecular weight excluding hydrogens is 679 g/mol. The maximum absolute atomic E-state index is 12.4. The molecule has 0 fully saturated rings. The van der Waals surface area contributed by atoms with E-state index in [1.54, 1.807) is 6.08 Å². The minimum atomic E-state index is -4.78. The third-order valence-corrected chi connectivity index (χ3v) is 8.86. The standard InChI is InChI=1S/C42H71O9P/c1-4-6-26-32-39(43)33-28-23-19-15-10-8-7-9-11-16-20-24-29-34-41(44)49-36-40(37-50-52(46,47)48)51-42(45)35-30-25-21-17-13-12-14-18-22-27-31-38(3)5-2/h6,8-11,19-20,23-24,26,28,33,38-40,43H,4-5,7,12-18,21-22,25,27,29-32,34-37H2,1-3H3,(H2,46,47,48)/b10-8-,11-9-,23-19+,24-20-,26-6-,33-28+/t38?,39?,40-/m1/s1. The fourth-order valence-corrected chi connectivity index (χ4v) is 5.41. The molecule has 52 heavy (non-hydrogen) atoms. The van der Waals surface area contributed by atoms with Crippen molar-refractivity contribution < 1.29 is 43.0 Å². The number of carbonyl (C=O) groups is 2. The molecule has 0 aromatic carbocycles. The average molecular weight is 751 g/mol. The lowest BCUT2D eigenvalue weighted by molar-refractivity contribution is -0.161. The van der Waals surface area contributed by atoms with Crippen molar-refractivity contribution in [1.82, 2.24) is 0 Å². The Morgan fingerprint density at radius 1 is 0.673 bits per heavy atom. The van der Waals surface area contributed by atoms with E-state index in [-0.39, 0.29) is 19.4 Å². The number of phosphoric ester groups is 1. The van der Waals surface area contributed by atoms with Gasteiger partial charge in [0.1, 0.15) is 6.61 Å². The maximum Gasteiger partial charge on any atom is 0.469 e. The van der Waals surface area contributed by atoms with Gasteiger partial charge >= 0.3 is 19.8 Å². The predicted molar refractivity (Wildman–Crippen MR) is 213 cm³/mol. The fraction of sp³-hybridized carbons (Fsp3) is 0.667. The Morgan fingerprint density at radius 3 is 1.85 bits per heavy atom. The molecule has 9 nitrogen and oxygen atoms in total. The number of hydrogen-bond acceptors (Lipinski definition) is 7. The second kappa shape index (κ2) is 35.5. The molecule has 0 heterocycles. The number of esters is 2. The minimum absolute atomic E-state index is 0.124. The van der Waals surface area contributed by atoms with Crippen molar-refractivity contribution in [2.24, 2.45) is 5.92 Å². The van der Waals surface area contributed by atoms with E-state index in [9.17, 15) is 19.3 Å². The molecule has 0 amide bonds. The zero-order valence-corrected chi connectivity index (χ0v) is 33.3. The molecule has 0 bridgehead atoms. The molecule has 0 aliphatic rings. The van der Waals surface area contributed by atoms with E-state index in [4.69, 9.17) is 19.3 Å². The quantitative estimate of drug-likeness (QED) is 0.0193. The summed E-state index contributed by atoms with van der Waals surface area (Å²) in [6, 6.07) is 0. The first kappa shape index (κ1) is 49.5. The molecule has 2 unspecified atom stereocenters. The summed E-state index contributed by atoms with van der Waals surface area (Å²) in [4.78, 5) is 42.7. The lowest BCUT2D eigenvalue weighted by atomic mass is 9.99. The molecule has 0 aromatic heterocycles. The van der Waals surface area contributed by atoms with E-state index < -0.39 is 38.6 Å². The molecule has 10 heteroatoms. The van der Waals surface area contributed by atoms with E-state index in [1.807, 2.05) is 48.6 Å². The molecule has 3 atom stereocenters. The first-order chi connectivity index (χ1) is 25.1. The van der Waals surface area contributed by atoms with Crippen LogP contribution in [0.4, 0.5) is 0 Å². The third-order valence-electron chi connectivity index (χ3n) is 8.37. The number of phosphoric acid groups is 1. The van der Waals surface area contributed by atoms with Gasteiger partial charge < -0.3 is 24.4 Å². The summed E-state index contributed by atoms with van der Waals surface area (Å²) in [5, 5.41) is 9.81. The average Bonchev–Trinajstić information content (AvgIpc) is 3.11.